The minimum Gasteiger partial charge on any atom is -0.493 e. The molecule has 0 saturated carbocycles. The van der Waals surface area contributed by atoms with Crippen molar-refractivity contribution in [1.29, 1.82) is 0 Å². The molecule has 2 aromatic rings. The topological polar surface area (TPSA) is 58.6 Å². The molecule has 140 valence electrons. The average molecular weight is 385 g/mol. The van der Waals surface area contributed by atoms with Crippen molar-refractivity contribution >= 4 is 29.1 Å². The quantitative estimate of drug-likeness (QED) is 0.874. The van der Waals surface area contributed by atoms with Gasteiger partial charge in [0, 0.05) is 24.5 Å². The molecule has 2 aromatic carbocycles. The second-order valence-corrected chi connectivity index (χ2v) is 7.39. The van der Waals surface area contributed by atoms with Crippen LogP contribution >= 0.6 is 11.6 Å². The molecule has 0 aromatic heterocycles. The summed E-state index contributed by atoms with van der Waals surface area (Å²) in [6.07, 6.45) is 3.13. The van der Waals surface area contributed by atoms with Crippen molar-refractivity contribution in [3.63, 3.8) is 0 Å². The molecule has 4 rings (SSSR count). The molecule has 0 atom stereocenters. The molecule has 1 N–H and O–H groups in total. The van der Waals surface area contributed by atoms with Crippen LogP contribution in [-0.4, -0.2) is 36.4 Å². The molecule has 2 aliphatic heterocycles. The van der Waals surface area contributed by atoms with Crippen LogP contribution in [0.5, 0.6) is 5.75 Å². The molecular weight excluding hydrogens is 364 g/mol. The molecule has 0 radical (unpaired) electrons. The zero-order chi connectivity index (χ0) is 18.8. The summed E-state index contributed by atoms with van der Waals surface area (Å²) in [5.41, 5.74) is 3.01. The monoisotopic (exact) mass is 384 g/mol. The van der Waals surface area contributed by atoms with Crippen LogP contribution in [0.3, 0.4) is 0 Å². The Morgan fingerprint density at radius 2 is 1.93 bits per heavy atom. The van der Waals surface area contributed by atoms with Gasteiger partial charge in [-0.15, -0.1) is 0 Å². The molecule has 2 heterocycles. The molecule has 27 heavy (non-hydrogen) atoms. The first kappa shape index (κ1) is 17.9. The summed E-state index contributed by atoms with van der Waals surface area (Å²) in [4.78, 5) is 27.2. The maximum atomic E-state index is 12.8. The van der Waals surface area contributed by atoms with Gasteiger partial charge in [-0.1, -0.05) is 23.7 Å². The van der Waals surface area contributed by atoms with E-state index in [1.807, 2.05) is 23.1 Å². The normalized spacial score (nSPS) is 15.4. The number of hydrogen-bond acceptors (Lipinski definition) is 3. The van der Waals surface area contributed by atoms with E-state index in [0.717, 1.165) is 49.2 Å². The lowest BCUT2D eigenvalue weighted by Gasteiger charge is -2.18. The maximum Gasteiger partial charge on any atom is 0.256 e. The number of halogens is 1. The van der Waals surface area contributed by atoms with E-state index >= 15 is 0 Å². The fourth-order valence-electron chi connectivity index (χ4n) is 3.62. The van der Waals surface area contributed by atoms with Crippen molar-refractivity contribution in [3.05, 3.63) is 58.1 Å². The van der Waals surface area contributed by atoms with E-state index in [2.05, 4.69) is 5.32 Å². The highest BCUT2D eigenvalue weighted by atomic mass is 35.5. The van der Waals surface area contributed by atoms with E-state index in [1.165, 1.54) is 0 Å². The van der Waals surface area contributed by atoms with Crippen LogP contribution in [0.25, 0.3) is 0 Å². The summed E-state index contributed by atoms with van der Waals surface area (Å²) in [7, 11) is 0. The molecule has 0 bridgehead atoms. The van der Waals surface area contributed by atoms with Crippen LogP contribution in [0, 0.1) is 0 Å². The molecule has 2 aliphatic rings. The molecule has 0 spiro atoms. The molecule has 0 unspecified atom stereocenters. The number of carbonyl (C=O) groups is 2. The predicted molar refractivity (Wildman–Crippen MR) is 105 cm³/mol. The van der Waals surface area contributed by atoms with Crippen LogP contribution in [0.2, 0.25) is 5.02 Å². The molecular formula is C21H21ClN2O3. The van der Waals surface area contributed by atoms with Crippen molar-refractivity contribution in [1.82, 2.24) is 4.90 Å². The Kier molecular flexibility index (Phi) is 5.03. The van der Waals surface area contributed by atoms with E-state index in [0.29, 0.717) is 22.9 Å². The number of ether oxygens (including phenoxy) is 1. The highest BCUT2D eigenvalue weighted by Crippen LogP contribution is 2.27. The first-order valence-electron chi connectivity index (χ1n) is 9.23. The highest BCUT2D eigenvalue weighted by molar-refractivity contribution is 6.31. The number of benzene rings is 2. The van der Waals surface area contributed by atoms with Crippen LogP contribution in [-0.2, 0) is 17.6 Å². The van der Waals surface area contributed by atoms with E-state index in [9.17, 15) is 9.59 Å². The zero-order valence-corrected chi connectivity index (χ0v) is 15.7. The fraction of sp³-hybridized carbons (Fsp3) is 0.333. The van der Waals surface area contributed by atoms with Gasteiger partial charge in [0.05, 0.1) is 24.3 Å². The van der Waals surface area contributed by atoms with Gasteiger partial charge >= 0.3 is 0 Å². The first-order valence-corrected chi connectivity index (χ1v) is 9.61. The number of nitrogens with one attached hydrogen (secondary N) is 1. The van der Waals surface area contributed by atoms with Gasteiger partial charge < -0.3 is 15.0 Å². The van der Waals surface area contributed by atoms with Crippen LogP contribution in [0.4, 0.5) is 5.69 Å². The number of rotatable bonds is 4. The standard InChI is InChI=1S/C21H21ClN2O3/c22-16-4-5-18(17(13-16)21(26)24-8-1-2-9-24)23-20(25)12-14-3-6-19-15(11-14)7-10-27-19/h3-6,11,13H,1-2,7-10,12H2,(H,23,25). The predicted octanol–water partition coefficient (Wildman–Crippen LogP) is 3.69. The third kappa shape index (κ3) is 3.93. The number of hydrogen-bond donors (Lipinski definition) is 1. The Balaban J connectivity index is 1.50. The van der Waals surface area contributed by atoms with Gasteiger partial charge in [-0.25, -0.2) is 0 Å². The van der Waals surface area contributed by atoms with Gasteiger partial charge in [-0.2, -0.15) is 0 Å². The number of amides is 2. The van der Waals surface area contributed by atoms with Gasteiger partial charge in [0.15, 0.2) is 0 Å². The summed E-state index contributed by atoms with van der Waals surface area (Å²) >= 11 is 6.09. The summed E-state index contributed by atoms with van der Waals surface area (Å²) in [6.45, 7) is 2.18. The number of nitrogens with zero attached hydrogens (tertiary/aromatic N) is 1. The summed E-state index contributed by atoms with van der Waals surface area (Å²) in [6, 6.07) is 10.8. The number of likely N-dealkylation sites (tertiary alicyclic amines) is 1. The van der Waals surface area contributed by atoms with E-state index < -0.39 is 0 Å². The third-order valence-corrected chi connectivity index (χ3v) is 5.23. The lowest BCUT2D eigenvalue weighted by atomic mass is 10.1. The lowest BCUT2D eigenvalue weighted by molar-refractivity contribution is -0.115. The van der Waals surface area contributed by atoms with Gasteiger partial charge in [0.25, 0.3) is 5.91 Å². The second kappa shape index (κ2) is 7.61. The summed E-state index contributed by atoms with van der Waals surface area (Å²) in [5, 5.41) is 3.36. The van der Waals surface area contributed by atoms with Crippen molar-refractivity contribution in [2.24, 2.45) is 0 Å². The lowest BCUT2D eigenvalue weighted by Crippen LogP contribution is -2.29. The highest BCUT2D eigenvalue weighted by Gasteiger charge is 2.23. The molecule has 2 amide bonds. The Labute approximate surface area is 163 Å². The van der Waals surface area contributed by atoms with E-state index in [-0.39, 0.29) is 18.2 Å². The number of fused-ring (bicyclic) bond motifs is 1. The minimum atomic E-state index is -0.161. The van der Waals surface area contributed by atoms with Crippen LogP contribution < -0.4 is 10.1 Å². The van der Waals surface area contributed by atoms with Crippen molar-refractivity contribution in [3.8, 4) is 5.75 Å². The van der Waals surface area contributed by atoms with Crippen molar-refractivity contribution in [2.45, 2.75) is 25.7 Å². The number of anilines is 1. The van der Waals surface area contributed by atoms with Gasteiger partial charge in [0.1, 0.15) is 5.75 Å². The molecule has 5 nitrogen and oxygen atoms in total. The van der Waals surface area contributed by atoms with Crippen molar-refractivity contribution in [2.75, 3.05) is 25.0 Å². The van der Waals surface area contributed by atoms with Crippen molar-refractivity contribution < 1.29 is 14.3 Å². The smallest absolute Gasteiger partial charge is 0.256 e. The van der Waals surface area contributed by atoms with Crippen LogP contribution in [0.15, 0.2) is 36.4 Å². The SMILES string of the molecule is O=C(Cc1ccc2c(c1)CCO2)Nc1ccc(Cl)cc1C(=O)N1CCCC1. The third-order valence-electron chi connectivity index (χ3n) is 5.00. The summed E-state index contributed by atoms with van der Waals surface area (Å²) in [5.74, 6) is 0.655. The summed E-state index contributed by atoms with van der Waals surface area (Å²) < 4.78 is 5.50. The molecule has 1 fully saturated rings. The second-order valence-electron chi connectivity index (χ2n) is 6.95. The minimum absolute atomic E-state index is 0.0834. The number of carbonyl (C=O) groups excluding carboxylic acids is 2. The molecule has 0 aliphatic carbocycles. The Hall–Kier alpha value is -2.53. The Morgan fingerprint density at radius 1 is 1.11 bits per heavy atom. The Morgan fingerprint density at radius 3 is 2.74 bits per heavy atom. The van der Waals surface area contributed by atoms with Gasteiger partial charge in [0.2, 0.25) is 5.91 Å². The van der Waals surface area contributed by atoms with Crippen LogP contribution in [0.1, 0.15) is 34.3 Å². The molecule has 1 saturated heterocycles. The average Bonchev–Trinajstić information content (AvgIpc) is 3.33. The fourth-order valence-corrected chi connectivity index (χ4v) is 3.79. The van der Waals surface area contributed by atoms with E-state index in [1.54, 1.807) is 18.2 Å². The van der Waals surface area contributed by atoms with Gasteiger partial charge in [-0.3, -0.25) is 9.59 Å². The Bertz CT molecular complexity index is 891. The van der Waals surface area contributed by atoms with E-state index in [4.69, 9.17) is 16.3 Å². The first-order chi connectivity index (χ1) is 13.1. The molecule has 6 heteroatoms. The largest absolute Gasteiger partial charge is 0.493 e. The van der Waals surface area contributed by atoms with Gasteiger partial charge in [-0.05, 0) is 48.2 Å². The maximum absolute atomic E-state index is 12.8. The zero-order valence-electron chi connectivity index (χ0n) is 15.0.